The Kier molecular flexibility index (Phi) is 4.06. The molecule has 0 spiro atoms. The third-order valence-electron chi connectivity index (χ3n) is 5.86. The van der Waals surface area contributed by atoms with Gasteiger partial charge in [0.25, 0.3) is 5.56 Å². The third kappa shape index (κ3) is 3.15. The Morgan fingerprint density at radius 2 is 2.00 bits per heavy atom. The number of anilines is 1. The van der Waals surface area contributed by atoms with Gasteiger partial charge in [-0.15, -0.1) is 0 Å². The Bertz CT molecular complexity index is 1450. The van der Waals surface area contributed by atoms with Crippen LogP contribution in [0.5, 0.6) is 0 Å². The van der Waals surface area contributed by atoms with Crippen molar-refractivity contribution in [1.82, 2.24) is 25.1 Å². The van der Waals surface area contributed by atoms with Gasteiger partial charge in [-0.25, -0.2) is 4.98 Å². The van der Waals surface area contributed by atoms with Crippen molar-refractivity contribution in [2.45, 2.75) is 25.3 Å². The Hall–Kier alpha value is -4.00. The fourth-order valence-corrected chi connectivity index (χ4v) is 4.14. The molecule has 152 valence electrons. The van der Waals surface area contributed by atoms with E-state index in [1.165, 1.54) is 0 Å². The molecular formula is C24H20N6O. The molecular weight excluding hydrogens is 388 g/mol. The van der Waals surface area contributed by atoms with Crippen molar-refractivity contribution in [3.05, 3.63) is 82.7 Å². The number of aromatic amines is 2. The molecule has 6 rings (SSSR count). The molecule has 1 aliphatic carbocycles. The van der Waals surface area contributed by atoms with Crippen LogP contribution in [0.4, 0.5) is 5.82 Å². The molecule has 7 nitrogen and oxygen atoms in total. The van der Waals surface area contributed by atoms with Crippen LogP contribution in [-0.2, 0) is 6.54 Å². The first-order valence-electron chi connectivity index (χ1n) is 10.4. The van der Waals surface area contributed by atoms with E-state index in [1.54, 1.807) is 12.4 Å². The van der Waals surface area contributed by atoms with Crippen molar-refractivity contribution >= 4 is 27.5 Å². The maximum absolute atomic E-state index is 12.9. The van der Waals surface area contributed by atoms with Gasteiger partial charge in [0.05, 0.1) is 28.8 Å². The molecule has 0 radical (unpaired) electrons. The van der Waals surface area contributed by atoms with Crippen molar-refractivity contribution < 1.29 is 0 Å². The molecule has 1 aromatic carbocycles. The average Bonchev–Trinajstić information content (AvgIpc) is 3.50. The number of aromatic nitrogens is 5. The second-order valence-electron chi connectivity index (χ2n) is 7.94. The first-order valence-corrected chi connectivity index (χ1v) is 10.4. The summed E-state index contributed by atoms with van der Waals surface area (Å²) in [5, 5.41) is 12.9. The highest BCUT2D eigenvalue weighted by Gasteiger charge is 2.28. The van der Waals surface area contributed by atoms with Gasteiger partial charge in [0.1, 0.15) is 5.82 Å². The zero-order chi connectivity index (χ0) is 20.8. The lowest BCUT2D eigenvalue weighted by atomic mass is 10.00. The third-order valence-corrected chi connectivity index (χ3v) is 5.86. The summed E-state index contributed by atoms with van der Waals surface area (Å²) in [6.45, 7) is 0.554. The summed E-state index contributed by atoms with van der Waals surface area (Å²) >= 11 is 0. The second kappa shape index (κ2) is 7.05. The lowest BCUT2D eigenvalue weighted by Crippen LogP contribution is -2.11. The van der Waals surface area contributed by atoms with Crippen molar-refractivity contribution in [1.29, 1.82) is 0 Å². The average molecular weight is 408 g/mol. The molecule has 0 aliphatic heterocycles. The normalized spacial score (nSPS) is 13.7. The van der Waals surface area contributed by atoms with Crippen LogP contribution in [0.3, 0.4) is 0 Å². The van der Waals surface area contributed by atoms with Crippen molar-refractivity contribution in [2.24, 2.45) is 0 Å². The number of rotatable bonds is 5. The molecule has 0 bridgehead atoms. The van der Waals surface area contributed by atoms with Crippen LogP contribution in [-0.4, -0.2) is 25.1 Å². The maximum atomic E-state index is 12.9. The monoisotopic (exact) mass is 408 g/mol. The summed E-state index contributed by atoms with van der Waals surface area (Å²) in [6.07, 6.45) is 7.60. The maximum Gasteiger partial charge on any atom is 0.258 e. The van der Waals surface area contributed by atoms with Crippen LogP contribution < -0.4 is 10.9 Å². The van der Waals surface area contributed by atoms with E-state index in [1.807, 2.05) is 48.7 Å². The molecule has 7 heteroatoms. The Labute approximate surface area is 177 Å². The zero-order valence-corrected chi connectivity index (χ0v) is 16.7. The van der Waals surface area contributed by atoms with Crippen LogP contribution in [0.15, 0.2) is 65.8 Å². The van der Waals surface area contributed by atoms with E-state index in [4.69, 9.17) is 4.98 Å². The van der Waals surface area contributed by atoms with Crippen LogP contribution in [0, 0.1) is 0 Å². The molecule has 0 amide bonds. The molecule has 31 heavy (non-hydrogen) atoms. The molecule has 0 atom stereocenters. The Morgan fingerprint density at radius 3 is 2.77 bits per heavy atom. The number of nitrogens with zero attached hydrogens (tertiary/aromatic N) is 3. The van der Waals surface area contributed by atoms with Gasteiger partial charge < -0.3 is 10.3 Å². The standard InChI is InChI=1S/C24H20N6O/c31-24-21-18-11-15(20-8-10-28-30-20)6-7-17(18)23(26-12-16-3-1-2-9-25-16)29-22(21)19(13-27-24)14-4-5-14/h1-3,6-11,13-14H,4-5,12H2,(H,26,29)(H,27,31)(H,28,30). The van der Waals surface area contributed by atoms with Crippen molar-refractivity contribution in [3.8, 4) is 11.3 Å². The SMILES string of the molecule is O=c1[nH]cc(C2CC2)c2nc(NCc3ccccn3)c3ccc(-c4ccn[nH]4)cc3c12. The highest BCUT2D eigenvalue weighted by molar-refractivity contribution is 6.11. The summed E-state index contributed by atoms with van der Waals surface area (Å²) in [7, 11) is 0. The smallest absolute Gasteiger partial charge is 0.258 e. The topological polar surface area (TPSA) is 99.3 Å². The van der Waals surface area contributed by atoms with E-state index in [-0.39, 0.29) is 5.56 Å². The number of pyridine rings is 3. The predicted octanol–water partition coefficient (Wildman–Crippen LogP) is 4.35. The van der Waals surface area contributed by atoms with Gasteiger partial charge in [0.2, 0.25) is 0 Å². The molecule has 1 fully saturated rings. The zero-order valence-electron chi connectivity index (χ0n) is 16.7. The minimum Gasteiger partial charge on any atom is -0.364 e. The molecule has 4 heterocycles. The summed E-state index contributed by atoms with van der Waals surface area (Å²) < 4.78 is 0. The first-order chi connectivity index (χ1) is 15.3. The van der Waals surface area contributed by atoms with Gasteiger partial charge in [-0.3, -0.25) is 14.9 Å². The molecule has 1 saturated carbocycles. The quantitative estimate of drug-likeness (QED) is 0.376. The van der Waals surface area contributed by atoms with E-state index in [0.717, 1.165) is 57.5 Å². The van der Waals surface area contributed by atoms with Gasteiger partial charge in [-0.05, 0) is 54.7 Å². The predicted molar refractivity (Wildman–Crippen MR) is 121 cm³/mol. The Balaban J connectivity index is 1.59. The number of H-pyrrole nitrogens is 2. The minimum absolute atomic E-state index is 0.116. The van der Waals surface area contributed by atoms with Gasteiger partial charge in [-0.1, -0.05) is 12.1 Å². The van der Waals surface area contributed by atoms with E-state index < -0.39 is 0 Å². The van der Waals surface area contributed by atoms with Gasteiger partial charge >= 0.3 is 0 Å². The summed E-state index contributed by atoms with van der Waals surface area (Å²) in [5.41, 5.74) is 4.59. The molecule has 0 saturated heterocycles. The molecule has 5 aromatic rings. The van der Waals surface area contributed by atoms with Crippen molar-refractivity contribution in [3.63, 3.8) is 0 Å². The van der Waals surface area contributed by atoms with E-state index >= 15 is 0 Å². The minimum atomic E-state index is -0.116. The van der Waals surface area contributed by atoms with Crippen LogP contribution in [0.2, 0.25) is 0 Å². The van der Waals surface area contributed by atoms with Gasteiger partial charge in [0, 0.05) is 34.9 Å². The van der Waals surface area contributed by atoms with Crippen LogP contribution >= 0.6 is 0 Å². The highest BCUT2D eigenvalue weighted by Crippen LogP contribution is 2.43. The van der Waals surface area contributed by atoms with Crippen LogP contribution in [0.25, 0.3) is 32.9 Å². The summed E-state index contributed by atoms with van der Waals surface area (Å²) in [4.78, 5) is 25.2. The molecule has 0 unspecified atom stereocenters. The van der Waals surface area contributed by atoms with Gasteiger partial charge in [-0.2, -0.15) is 5.10 Å². The van der Waals surface area contributed by atoms with Crippen LogP contribution in [0.1, 0.15) is 30.0 Å². The number of hydrogen-bond donors (Lipinski definition) is 3. The fraction of sp³-hybridized carbons (Fsp3) is 0.167. The summed E-state index contributed by atoms with van der Waals surface area (Å²) in [6, 6.07) is 13.9. The number of hydrogen-bond acceptors (Lipinski definition) is 5. The summed E-state index contributed by atoms with van der Waals surface area (Å²) in [5.74, 6) is 1.22. The van der Waals surface area contributed by atoms with E-state index in [9.17, 15) is 4.79 Å². The van der Waals surface area contributed by atoms with Gasteiger partial charge in [0.15, 0.2) is 0 Å². The lowest BCUT2D eigenvalue weighted by molar-refractivity contribution is 1.03. The largest absolute Gasteiger partial charge is 0.364 e. The fourth-order valence-electron chi connectivity index (χ4n) is 4.14. The number of fused-ring (bicyclic) bond motifs is 3. The Morgan fingerprint density at radius 1 is 1.06 bits per heavy atom. The second-order valence-corrected chi connectivity index (χ2v) is 7.94. The highest BCUT2D eigenvalue weighted by atomic mass is 16.1. The lowest BCUT2D eigenvalue weighted by Gasteiger charge is -2.14. The first kappa shape index (κ1) is 17.8. The number of benzene rings is 1. The van der Waals surface area contributed by atoms with E-state index in [0.29, 0.717) is 17.8 Å². The number of nitrogens with one attached hydrogen (secondary N) is 3. The van der Waals surface area contributed by atoms with E-state index in [2.05, 4.69) is 25.5 Å². The molecule has 3 N–H and O–H groups in total. The molecule has 4 aromatic heterocycles. The molecule has 1 aliphatic rings. The van der Waals surface area contributed by atoms with Crippen molar-refractivity contribution in [2.75, 3.05) is 5.32 Å².